The van der Waals surface area contributed by atoms with Gasteiger partial charge in [0.25, 0.3) is 5.91 Å². The van der Waals surface area contributed by atoms with Crippen LogP contribution in [0.15, 0.2) is 72.8 Å². The molecule has 1 unspecified atom stereocenters. The summed E-state index contributed by atoms with van der Waals surface area (Å²) < 4.78 is 4.50. The van der Waals surface area contributed by atoms with Crippen LogP contribution in [0.2, 0.25) is 10.0 Å². The lowest BCUT2D eigenvalue weighted by Crippen LogP contribution is -2.36. The number of hydrogen-bond donors (Lipinski definition) is 3. The van der Waals surface area contributed by atoms with E-state index in [0.717, 1.165) is 24.0 Å². The zero-order valence-electron chi connectivity index (χ0n) is 22.5. The Morgan fingerprint density at radius 1 is 0.976 bits per heavy atom. The summed E-state index contributed by atoms with van der Waals surface area (Å²) in [4.78, 5) is 38.9. The summed E-state index contributed by atoms with van der Waals surface area (Å²) in [5.41, 5.74) is 4.64. The number of carbonyl (C=O) groups is 3. The number of rotatable bonds is 9. The Labute approximate surface area is 248 Å². The molecule has 0 heterocycles. The van der Waals surface area contributed by atoms with Crippen LogP contribution in [0.4, 0.5) is 16.2 Å². The second-order valence-corrected chi connectivity index (χ2v) is 10.5. The van der Waals surface area contributed by atoms with Crippen LogP contribution in [-0.2, 0) is 16.1 Å². The third kappa shape index (κ3) is 8.57. The number of amides is 3. The molecule has 3 aromatic carbocycles. The number of halogens is 2. The number of esters is 1. The van der Waals surface area contributed by atoms with E-state index in [1.807, 2.05) is 24.3 Å². The van der Waals surface area contributed by atoms with Crippen LogP contribution in [0.25, 0.3) is 5.57 Å². The van der Waals surface area contributed by atoms with Crippen LogP contribution in [0, 0.1) is 0 Å². The average molecular weight is 597 g/mol. The van der Waals surface area contributed by atoms with Crippen molar-refractivity contribution in [2.24, 2.45) is 0 Å². The largest absolute Gasteiger partial charge is 0.469 e. The molecule has 0 bridgehead atoms. The maximum absolute atomic E-state index is 13.5. The zero-order valence-corrected chi connectivity index (χ0v) is 24.0. The average Bonchev–Trinajstić information content (AvgIpc) is 2.96. The van der Waals surface area contributed by atoms with Crippen molar-refractivity contribution < 1.29 is 24.2 Å². The summed E-state index contributed by atoms with van der Waals surface area (Å²) in [6, 6.07) is 18.9. The first-order valence-electron chi connectivity index (χ1n) is 13.2. The first-order valence-corrected chi connectivity index (χ1v) is 14.0. The number of methoxy groups -OCH3 is 1. The lowest BCUT2D eigenvalue weighted by atomic mass is 9.93. The predicted octanol–water partition coefficient (Wildman–Crippen LogP) is 6.80. The lowest BCUT2D eigenvalue weighted by Gasteiger charge is -2.24. The van der Waals surface area contributed by atoms with Crippen molar-refractivity contribution in [1.82, 2.24) is 5.32 Å². The number of carbonyl (C=O) groups excluding carboxylic acids is 3. The van der Waals surface area contributed by atoms with E-state index in [1.54, 1.807) is 47.4 Å². The van der Waals surface area contributed by atoms with Crippen molar-refractivity contribution in [1.29, 1.82) is 0 Å². The Morgan fingerprint density at radius 2 is 1.66 bits per heavy atom. The maximum atomic E-state index is 13.5. The third-order valence-corrected chi connectivity index (χ3v) is 7.08. The van der Waals surface area contributed by atoms with Gasteiger partial charge in [-0.1, -0.05) is 53.5 Å². The van der Waals surface area contributed by atoms with Gasteiger partial charge in [-0.15, -0.1) is 0 Å². The molecule has 0 saturated heterocycles. The molecule has 1 aliphatic carbocycles. The summed E-state index contributed by atoms with van der Waals surface area (Å²) >= 11 is 12.3. The molecule has 1 atom stereocenters. The van der Waals surface area contributed by atoms with Gasteiger partial charge >= 0.3 is 12.0 Å². The van der Waals surface area contributed by atoms with E-state index in [9.17, 15) is 19.5 Å². The Hall–Kier alpha value is -3.85. The minimum absolute atomic E-state index is 0.203. The highest BCUT2D eigenvalue weighted by atomic mass is 35.5. The highest BCUT2D eigenvalue weighted by molar-refractivity contribution is 6.35. The van der Waals surface area contributed by atoms with Gasteiger partial charge in [0, 0.05) is 27.0 Å². The molecule has 41 heavy (non-hydrogen) atoms. The number of aliphatic hydroxyl groups excluding tert-OH is 1. The molecule has 0 aromatic heterocycles. The number of hydrogen-bond acceptors (Lipinski definition) is 5. The third-order valence-electron chi connectivity index (χ3n) is 6.64. The fourth-order valence-electron chi connectivity index (χ4n) is 4.52. The van der Waals surface area contributed by atoms with Gasteiger partial charge in [-0.25, -0.2) is 4.79 Å². The Morgan fingerprint density at radius 3 is 2.27 bits per heavy atom. The van der Waals surface area contributed by atoms with Crippen LogP contribution in [0.5, 0.6) is 0 Å². The van der Waals surface area contributed by atoms with Gasteiger partial charge in [-0.3, -0.25) is 14.5 Å². The standard InChI is InChI=1S/C31H31Cl2N3O5/c1-41-29(38)18-28(37)35-30(39)23-9-7-20(8-10-23)19-36(31(40)34-26-16-24(32)15-25(33)17-26)27-13-11-22(12-14-27)21-5-3-2-4-6-21/h5,7-17,28,37H,2-4,6,18-19H2,1H3,(H,34,40)(H,35,39). The summed E-state index contributed by atoms with van der Waals surface area (Å²) in [6.45, 7) is 0.203. The monoisotopic (exact) mass is 595 g/mol. The first-order chi connectivity index (χ1) is 19.7. The molecule has 8 nitrogen and oxygen atoms in total. The fraction of sp³-hybridized carbons (Fsp3) is 0.258. The molecule has 0 aliphatic heterocycles. The summed E-state index contributed by atoms with van der Waals surface area (Å²) in [5, 5.41) is 15.9. The van der Waals surface area contributed by atoms with Gasteiger partial charge in [0.05, 0.1) is 20.1 Å². The molecule has 1 aliphatic rings. The van der Waals surface area contributed by atoms with E-state index >= 15 is 0 Å². The van der Waals surface area contributed by atoms with E-state index in [4.69, 9.17) is 23.2 Å². The number of allylic oxidation sites excluding steroid dienone is 2. The van der Waals surface area contributed by atoms with Crippen LogP contribution >= 0.6 is 23.2 Å². The van der Waals surface area contributed by atoms with Gasteiger partial charge in [-0.05, 0) is 84.8 Å². The highest BCUT2D eigenvalue weighted by Gasteiger charge is 2.19. The highest BCUT2D eigenvalue weighted by Crippen LogP contribution is 2.29. The minimum atomic E-state index is -1.37. The van der Waals surface area contributed by atoms with Crippen molar-refractivity contribution in [2.75, 3.05) is 17.3 Å². The number of urea groups is 1. The number of benzene rings is 3. The maximum Gasteiger partial charge on any atom is 0.326 e. The predicted molar refractivity (Wildman–Crippen MR) is 161 cm³/mol. The molecule has 0 fully saturated rings. The van der Waals surface area contributed by atoms with Crippen LogP contribution in [0.3, 0.4) is 0 Å². The zero-order chi connectivity index (χ0) is 29.4. The first kappa shape index (κ1) is 30.1. The van der Waals surface area contributed by atoms with Crippen molar-refractivity contribution in [3.63, 3.8) is 0 Å². The Balaban J connectivity index is 1.53. The van der Waals surface area contributed by atoms with Gasteiger partial charge in [-0.2, -0.15) is 0 Å². The molecule has 0 radical (unpaired) electrons. The van der Waals surface area contributed by atoms with Crippen molar-refractivity contribution >= 4 is 58.1 Å². The molecular formula is C31H31Cl2N3O5. The summed E-state index contributed by atoms with van der Waals surface area (Å²) in [6.07, 6.45) is 5.03. The molecule has 0 saturated carbocycles. The molecular weight excluding hydrogens is 565 g/mol. The van der Waals surface area contributed by atoms with Crippen molar-refractivity contribution in [3.05, 3.63) is 99.5 Å². The minimum Gasteiger partial charge on any atom is -0.469 e. The number of nitrogens with one attached hydrogen (secondary N) is 2. The van der Waals surface area contributed by atoms with E-state index in [0.29, 0.717) is 21.4 Å². The Kier molecular flexibility index (Phi) is 10.4. The molecule has 3 amide bonds. The topological polar surface area (TPSA) is 108 Å². The van der Waals surface area contributed by atoms with Crippen LogP contribution in [0.1, 0.15) is 53.6 Å². The fourth-order valence-corrected chi connectivity index (χ4v) is 5.05. The van der Waals surface area contributed by atoms with E-state index in [-0.39, 0.29) is 24.6 Å². The lowest BCUT2D eigenvalue weighted by molar-refractivity contribution is -0.143. The molecule has 10 heteroatoms. The molecule has 0 spiro atoms. The molecule has 4 rings (SSSR count). The van der Waals surface area contributed by atoms with Crippen molar-refractivity contribution in [2.45, 2.75) is 44.9 Å². The molecule has 214 valence electrons. The van der Waals surface area contributed by atoms with Gasteiger partial charge in [0.15, 0.2) is 0 Å². The summed E-state index contributed by atoms with van der Waals surface area (Å²) in [5.74, 6) is -1.19. The number of ether oxygens (including phenoxy) is 1. The van der Waals surface area contributed by atoms with Gasteiger partial charge in [0.2, 0.25) is 0 Å². The smallest absolute Gasteiger partial charge is 0.326 e. The SMILES string of the molecule is COC(=O)CC(O)NC(=O)c1ccc(CN(C(=O)Nc2cc(Cl)cc(Cl)c2)c2ccc(C3=CCCCC3)cc2)cc1. The number of nitrogens with zero attached hydrogens (tertiary/aromatic N) is 1. The second-order valence-electron chi connectivity index (χ2n) is 9.66. The van der Waals surface area contributed by atoms with Crippen LogP contribution in [-0.4, -0.2) is 36.4 Å². The number of aliphatic hydroxyl groups is 1. The normalized spacial score (nSPS) is 13.5. The van der Waals surface area contributed by atoms with E-state index in [1.165, 1.54) is 25.5 Å². The van der Waals surface area contributed by atoms with E-state index in [2.05, 4.69) is 21.4 Å². The quantitative estimate of drug-likeness (QED) is 0.186. The van der Waals surface area contributed by atoms with Gasteiger partial charge in [0.1, 0.15) is 6.23 Å². The summed E-state index contributed by atoms with van der Waals surface area (Å²) in [7, 11) is 1.20. The van der Waals surface area contributed by atoms with E-state index < -0.39 is 18.1 Å². The Bertz CT molecular complexity index is 1400. The van der Waals surface area contributed by atoms with Crippen molar-refractivity contribution in [3.8, 4) is 0 Å². The second kappa shape index (κ2) is 14.2. The van der Waals surface area contributed by atoms with Crippen LogP contribution < -0.4 is 15.5 Å². The van der Waals surface area contributed by atoms with Gasteiger partial charge < -0.3 is 20.5 Å². The number of anilines is 2. The molecule has 3 aromatic rings. The molecule has 3 N–H and O–H groups in total.